The maximum atomic E-state index is 15.1. The Balaban J connectivity index is 1.70. The van der Waals surface area contributed by atoms with Gasteiger partial charge in [0.2, 0.25) is 0 Å². The molecule has 216 valence electrons. The third kappa shape index (κ3) is 7.24. The van der Waals surface area contributed by atoms with Gasteiger partial charge in [-0.15, -0.1) is 0 Å². The summed E-state index contributed by atoms with van der Waals surface area (Å²) in [5.74, 6) is -0.923. The van der Waals surface area contributed by atoms with Crippen molar-refractivity contribution in [2.45, 2.75) is 50.7 Å². The first-order valence-corrected chi connectivity index (χ1v) is 13.6. The number of rotatable bonds is 11. The summed E-state index contributed by atoms with van der Waals surface area (Å²) in [7, 11) is 1.46. The number of alkyl halides is 3. The van der Waals surface area contributed by atoms with E-state index < -0.39 is 28.9 Å². The highest BCUT2D eigenvalue weighted by molar-refractivity contribution is 6.06. The number of benzene rings is 3. The van der Waals surface area contributed by atoms with E-state index >= 15 is 4.39 Å². The minimum Gasteiger partial charge on any atom is -0.340 e. The van der Waals surface area contributed by atoms with Gasteiger partial charge in [-0.25, -0.2) is 4.39 Å². The lowest BCUT2D eigenvalue weighted by Crippen LogP contribution is -2.29. The zero-order valence-electron chi connectivity index (χ0n) is 23.3. The normalized spacial score (nSPS) is 15.2. The molecule has 8 heteroatoms. The van der Waals surface area contributed by atoms with Crippen LogP contribution in [-0.4, -0.2) is 19.1 Å². The Bertz CT molecular complexity index is 1430. The van der Waals surface area contributed by atoms with E-state index in [0.717, 1.165) is 29.5 Å². The number of hydrogen-bond donors (Lipinski definition) is 2. The number of hydrogen-bond acceptors (Lipinski definition) is 3. The second-order valence-corrected chi connectivity index (χ2v) is 10.8. The molecule has 3 aromatic carbocycles. The summed E-state index contributed by atoms with van der Waals surface area (Å²) in [4.78, 5) is 14.8. The van der Waals surface area contributed by atoms with Crippen molar-refractivity contribution in [2.75, 3.05) is 17.3 Å². The summed E-state index contributed by atoms with van der Waals surface area (Å²) in [6.45, 7) is 5.41. The molecule has 0 bridgehead atoms. The van der Waals surface area contributed by atoms with Crippen molar-refractivity contribution >= 4 is 17.3 Å². The molecule has 0 spiro atoms. The molecule has 4 rings (SSSR count). The SMILES string of the molecule is C=C(/C=C(/C(=O)Nc1cc(C(C)(CCC2CC2)c2ccccc2)ccc1F)N(C)c1cccc(CN)c1)C(F)(F)F. The van der Waals surface area contributed by atoms with Crippen LogP contribution in [0.1, 0.15) is 49.3 Å². The molecule has 0 heterocycles. The second-order valence-electron chi connectivity index (χ2n) is 10.8. The largest absolute Gasteiger partial charge is 0.415 e. The van der Waals surface area contributed by atoms with E-state index in [2.05, 4.69) is 18.8 Å². The highest BCUT2D eigenvalue weighted by atomic mass is 19.4. The monoisotopic (exact) mass is 565 g/mol. The molecular weight excluding hydrogens is 530 g/mol. The van der Waals surface area contributed by atoms with E-state index in [1.807, 2.05) is 30.3 Å². The quantitative estimate of drug-likeness (QED) is 0.141. The van der Waals surface area contributed by atoms with Crippen molar-refractivity contribution in [3.63, 3.8) is 0 Å². The number of carbonyl (C=O) groups excluding carboxylic acids is 1. The predicted molar refractivity (Wildman–Crippen MR) is 156 cm³/mol. The summed E-state index contributed by atoms with van der Waals surface area (Å²) < 4.78 is 55.5. The van der Waals surface area contributed by atoms with Crippen molar-refractivity contribution in [1.29, 1.82) is 0 Å². The first-order valence-electron chi connectivity index (χ1n) is 13.6. The van der Waals surface area contributed by atoms with Gasteiger partial charge in [0.1, 0.15) is 11.5 Å². The lowest BCUT2D eigenvalue weighted by Gasteiger charge is -2.32. The van der Waals surface area contributed by atoms with Crippen LogP contribution in [0.25, 0.3) is 0 Å². The fourth-order valence-corrected chi connectivity index (χ4v) is 4.90. The average molecular weight is 566 g/mol. The lowest BCUT2D eigenvalue weighted by molar-refractivity contribution is -0.113. The molecule has 3 aromatic rings. The molecule has 1 aliphatic carbocycles. The number of likely N-dealkylation sites (N-methyl/N-ethyl adjacent to an activating group) is 1. The Morgan fingerprint density at radius 2 is 1.76 bits per heavy atom. The zero-order chi connectivity index (χ0) is 29.8. The van der Waals surface area contributed by atoms with Crippen LogP contribution < -0.4 is 16.0 Å². The van der Waals surface area contributed by atoms with Crippen LogP contribution in [0, 0.1) is 11.7 Å². The topological polar surface area (TPSA) is 58.4 Å². The number of nitrogens with one attached hydrogen (secondary N) is 1. The van der Waals surface area contributed by atoms with Crippen LogP contribution in [0.3, 0.4) is 0 Å². The number of nitrogens with two attached hydrogens (primary N) is 1. The Morgan fingerprint density at radius 3 is 2.39 bits per heavy atom. The average Bonchev–Trinajstić information content (AvgIpc) is 3.80. The molecule has 0 radical (unpaired) electrons. The van der Waals surface area contributed by atoms with E-state index in [1.165, 1.54) is 30.9 Å². The van der Waals surface area contributed by atoms with Crippen LogP contribution >= 0.6 is 0 Å². The van der Waals surface area contributed by atoms with Gasteiger partial charge in [-0.05, 0) is 65.8 Å². The molecule has 0 aliphatic heterocycles. The first kappa shape index (κ1) is 30.1. The molecule has 41 heavy (non-hydrogen) atoms. The Hall–Kier alpha value is -3.91. The van der Waals surface area contributed by atoms with Crippen molar-refractivity contribution < 1.29 is 22.4 Å². The van der Waals surface area contributed by atoms with Crippen LogP contribution in [-0.2, 0) is 16.8 Å². The van der Waals surface area contributed by atoms with Gasteiger partial charge in [-0.1, -0.05) is 74.9 Å². The third-order valence-corrected chi connectivity index (χ3v) is 7.81. The number of carbonyl (C=O) groups is 1. The van der Waals surface area contributed by atoms with E-state index in [-0.39, 0.29) is 17.9 Å². The Morgan fingerprint density at radius 1 is 1.05 bits per heavy atom. The fourth-order valence-electron chi connectivity index (χ4n) is 4.90. The van der Waals surface area contributed by atoms with E-state index in [1.54, 1.807) is 36.4 Å². The molecule has 1 fully saturated rings. The van der Waals surface area contributed by atoms with Crippen molar-refractivity contribution in [3.05, 3.63) is 119 Å². The molecule has 4 nitrogen and oxygen atoms in total. The summed E-state index contributed by atoms with van der Waals surface area (Å²) in [6.07, 6.45) is 0.165. The highest BCUT2D eigenvalue weighted by Crippen LogP contribution is 2.43. The van der Waals surface area contributed by atoms with Gasteiger partial charge in [0.15, 0.2) is 0 Å². The highest BCUT2D eigenvalue weighted by Gasteiger charge is 2.34. The lowest BCUT2D eigenvalue weighted by atomic mass is 9.72. The van der Waals surface area contributed by atoms with E-state index in [0.29, 0.717) is 17.7 Å². The molecule has 1 atom stereocenters. The maximum Gasteiger partial charge on any atom is 0.415 e. The molecule has 1 amide bonds. The molecule has 3 N–H and O–H groups in total. The molecule has 0 aromatic heterocycles. The van der Waals surface area contributed by atoms with Gasteiger partial charge in [-0.2, -0.15) is 13.2 Å². The van der Waals surface area contributed by atoms with Gasteiger partial charge in [0.05, 0.1) is 11.3 Å². The van der Waals surface area contributed by atoms with Crippen LogP contribution in [0.5, 0.6) is 0 Å². The number of amides is 1. The smallest absolute Gasteiger partial charge is 0.340 e. The zero-order valence-corrected chi connectivity index (χ0v) is 23.3. The van der Waals surface area contributed by atoms with Crippen molar-refractivity contribution in [3.8, 4) is 0 Å². The van der Waals surface area contributed by atoms with E-state index in [9.17, 15) is 18.0 Å². The third-order valence-electron chi connectivity index (χ3n) is 7.81. The van der Waals surface area contributed by atoms with Gasteiger partial charge in [-0.3, -0.25) is 4.79 Å². The maximum absolute atomic E-state index is 15.1. The van der Waals surface area contributed by atoms with E-state index in [4.69, 9.17) is 5.73 Å². The minimum absolute atomic E-state index is 0.117. The van der Waals surface area contributed by atoms with Gasteiger partial charge in [0.25, 0.3) is 5.91 Å². The van der Waals surface area contributed by atoms with Crippen molar-refractivity contribution in [2.24, 2.45) is 11.7 Å². The summed E-state index contributed by atoms with van der Waals surface area (Å²) in [5, 5.41) is 2.53. The Labute approximate surface area is 238 Å². The second kappa shape index (κ2) is 12.3. The van der Waals surface area contributed by atoms with Gasteiger partial charge < -0.3 is 16.0 Å². The van der Waals surface area contributed by atoms with Gasteiger partial charge >= 0.3 is 6.18 Å². The van der Waals surface area contributed by atoms with Crippen LogP contribution in [0.15, 0.2) is 96.7 Å². The molecule has 1 aliphatic rings. The van der Waals surface area contributed by atoms with Crippen LogP contribution in [0.4, 0.5) is 28.9 Å². The van der Waals surface area contributed by atoms with Gasteiger partial charge in [0, 0.05) is 24.7 Å². The van der Waals surface area contributed by atoms with Crippen LogP contribution in [0.2, 0.25) is 0 Å². The molecule has 1 unspecified atom stereocenters. The Kier molecular flexibility index (Phi) is 9.02. The first-order chi connectivity index (χ1) is 19.4. The number of nitrogens with zero attached hydrogens (tertiary/aromatic N) is 1. The molecule has 0 saturated heterocycles. The summed E-state index contributed by atoms with van der Waals surface area (Å²) in [6, 6.07) is 21.3. The number of anilines is 2. The number of halogens is 4. The fraction of sp³-hybridized carbons (Fsp3) is 0.303. The minimum atomic E-state index is -4.75. The molecular formula is C33H35F4N3O. The predicted octanol–water partition coefficient (Wildman–Crippen LogP) is 7.86. The standard InChI is InChI=1S/C33H35F4N3O/c1-22(33(35,36)37)18-30(40(3)27-11-7-8-24(19-27)21-38)31(41)39-29-20-26(14-15-28(29)34)32(2,17-16-23-12-13-23)25-9-5-4-6-10-25/h4-11,14-15,18-20,23H,1,12-13,16-17,21,38H2,2-3H3,(H,39,41)/b30-18-. The molecule has 1 saturated carbocycles. The summed E-state index contributed by atoms with van der Waals surface area (Å²) in [5.41, 5.74) is 6.62. The summed E-state index contributed by atoms with van der Waals surface area (Å²) >= 11 is 0. The van der Waals surface area contributed by atoms with Crippen molar-refractivity contribution in [1.82, 2.24) is 0 Å². The number of allylic oxidation sites excluding steroid dienone is 2.